The molecule has 0 amide bonds. The number of hydrogen-bond donors (Lipinski definition) is 1. The zero-order valence-electron chi connectivity index (χ0n) is 12.2. The van der Waals surface area contributed by atoms with Crippen LogP contribution in [-0.2, 0) is 10.0 Å². The number of methoxy groups -OCH3 is 1. The van der Waals surface area contributed by atoms with E-state index in [0.29, 0.717) is 6.54 Å². The fraction of sp³-hybridized carbons (Fsp3) is 0.538. The molecule has 0 bridgehead atoms. The molecule has 1 aromatic rings. The molecule has 0 spiro atoms. The van der Waals surface area contributed by atoms with E-state index in [-0.39, 0.29) is 17.5 Å². The summed E-state index contributed by atoms with van der Waals surface area (Å²) in [5.74, 6) is -0.237. The average molecular weight is 304 g/mol. The molecule has 0 saturated carbocycles. The lowest BCUT2D eigenvalue weighted by atomic mass is 10.1. The van der Waals surface area contributed by atoms with E-state index in [9.17, 15) is 12.8 Å². The molecule has 1 N–H and O–H groups in total. The third-order valence-electron chi connectivity index (χ3n) is 3.04. The normalized spacial score (nSPS) is 13.5. The standard InChI is InChI=1S/C13H21FN2O3S/c1-10(15-7-8-20(17,18)16(2)3)11-5-6-13(19-4)12(14)9-11/h5-6,9-10,15H,7-8H2,1-4H3. The molecule has 0 radical (unpaired) electrons. The van der Waals surface area contributed by atoms with Crippen molar-refractivity contribution in [3.8, 4) is 5.75 Å². The Morgan fingerprint density at radius 3 is 2.55 bits per heavy atom. The largest absolute Gasteiger partial charge is 0.494 e. The Balaban J connectivity index is 2.60. The van der Waals surface area contributed by atoms with Gasteiger partial charge < -0.3 is 10.1 Å². The van der Waals surface area contributed by atoms with Gasteiger partial charge in [-0.1, -0.05) is 6.07 Å². The number of rotatable bonds is 7. The van der Waals surface area contributed by atoms with Gasteiger partial charge in [0.05, 0.1) is 12.9 Å². The van der Waals surface area contributed by atoms with Crippen molar-refractivity contribution in [1.82, 2.24) is 9.62 Å². The predicted molar refractivity (Wildman–Crippen MR) is 76.8 cm³/mol. The molecule has 0 heterocycles. The van der Waals surface area contributed by atoms with Crippen molar-refractivity contribution in [1.29, 1.82) is 0 Å². The van der Waals surface area contributed by atoms with Gasteiger partial charge in [0.1, 0.15) is 0 Å². The van der Waals surface area contributed by atoms with Crippen molar-refractivity contribution >= 4 is 10.0 Å². The second-order valence-corrected chi connectivity index (χ2v) is 6.97. The summed E-state index contributed by atoms with van der Waals surface area (Å²) in [6.07, 6.45) is 0. The zero-order valence-corrected chi connectivity index (χ0v) is 13.0. The minimum atomic E-state index is -3.22. The molecule has 7 heteroatoms. The van der Waals surface area contributed by atoms with E-state index in [2.05, 4.69) is 5.32 Å². The van der Waals surface area contributed by atoms with Gasteiger partial charge in [0.2, 0.25) is 10.0 Å². The van der Waals surface area contributed by atoms with Crippen LogP contribution in [0.2, 0.25) is 0 Å². The van der Waals surface area contributed by atoms with E-state index in [1.165, 1.54) is 31.6 Å². The summed E-state index contributed by atoms with van der Waals surface area (Å²) in [5, 5.41) is 3.06. The highest BCUT2D eigenvalue weighted by atomic mass is 32.2. The van der Waals surface area contributed by atoms with Crippen LogP contribution in [-0.4, -0.2) is 46.2 Å². The fourth-order valence-corrected chi connectivity index (χ4v) is 2.40. The number of hydrogen-bond acceptors (Lipinski definition) is 4. The molecule has 0 aromatic heterocycles. The minimum Gasteiger partial charge on any atom is -0.494 e. The van der Waals surface area contributed by atoms with Gasteiger partial charge >= 0.3 is 0 Å². The Kier molecular flexibility index (Phi) is 5.91. The van der Waals surface area contributed by atoms with Gasteiger partial charge in [0.25, 0.3) is 0 Å². The first-order valence-electron chi connectivity index (χ1n) is 6.25. The Bertz CT molecular complexity index is 547. The molecule has 1 unspecified atom stereocenters. The molecule has 1 aromatic carbocycles. The van der Waals surface area contributed by atoms with Crippen LogP contribution in [0.4, 0.5) is 4.39 Å². The molecule has 1 atom stereocenters. The monoisotopic (exact) mass is 304 g/mol. The molecule has 0 fully saturated rings. The van der Waals surface area contributed by atoms with E-state index < -0.39 is 15.8 Å². The van der Waals surface area contributed by atoms with E-state index >= 15 is 0 Å². The third-order valence-corrected chi connectivity index (χ3v) is 4.88. The molecule has 5 nitrogen and oxygen atoms in total. The third kappa shape index (κ3) is 4.43. The quantitative estimate of drug-likeness (QED) is 0.827. The van der Waals surface area contributed by atoms with Crippen molar-refractivity contribution in [3.63, 3.8) is 0 Å². The Morgan fingerprint density at radius 2 is 2.05 bits per heavy atom. The smallest absolute Gasteiger partial charge is 0.214 e. The summed E-state index contributed by atoms with van der Waals surface area (Å²) >= 11 is 0. The Hall–Kier alpha value is -1.18. The molecule has 20 heavy (non-hydrogen) atoms. The highest BCUT2D eigenvalue weighted by molar-refractivity contribution is 7.89. The van der Waals surface area contributed by atoms with Crippen molar-refractivity contribution in [2.24, 2.45) is 0 Å². The van der Waals surface area contributed by atoms with Crippen LogP contribution in [0.1, 0.15) is 18.5 Å². The summed E-state index contributed by atoms with van der Waals surface area (Å²) in [6, 6.07) is 4.55. The molecule has 0 saturated heterocycles. The van der Waals surface area contributed by atoms with Crippen molar-refractivity contribution in [2.75, 3.05) is 33.5 Å². The highest BCUT2D eigenvalue weighted by Gasteiger charge is 2.14. The number of sulfonamides is 1. The fourth-order valence-electron chi connectivity index (χ4n) is 1.66. The van der Waals surface area contributed by atoms with Crippen LogP contribution in [0.5, 0.6) is 5.75 Å². The van der Waals surface area contributed by atoms with E-state index in [0.717, 1.165) is 5.56 Å². The van der Waals surface area contributed by atoms with E-state index in [1.54, 1.807) is 12.1 Å². The average Bonchev–Trinajstić information content (AvgIpc) is 2.38. The van der Waals surface area contributed by atoms with E-state index in [1.807, 2.05) is 6.92 Å². The van der Waals surface area contributed by atoms with Gasteiger partial charge in [0.15, 0.2) is 11.6 Å². The lowest BCUT2D eigenvalue weighted by molar-refractivity contribution is 0.385. The zero-order chi connectivity index (χ0) is 15.3. The maximum absolute atomic E-state index is 13.6. The van der Waals surface area contributed by atoms with Crippen LogP contribution < -0.4 is 10.1 Å². The molecule has 0 aliphatic heterocycles. The maximum atomic E-state index is 13.6. The van der Waals surface area contributed by atoms with Gasteiger partial charge in [-0.15, -0.1) is 0 Å². The van der Waals surface area contributed by atoms with Crippen LogP contribution >= 0.6 is 0 Å². The molecular formula is C13H21FN2O3S. The summed E-state index contributed by atoms with van der Waals surface area (Å²) < 4.78 is 42.8. The second kappa shape index (κ2) is 7.01. The molecule has 0 aliphatic carbocycles. The molecule has 0 aliphatic rings. The Morgan fingerprint density at radius 1 is 1.40 bits per heavy atom. The van der Waals surface area contributed by atoms with Gasteiger partial charge in [-0.05, 0) is 24.6 Å². The number of halogens is 1. The van der Waals surface area contributed by atoms with Crippen molar-refractivity contribution in [3.05, 3.63) is 29.6 Å². The highest BCUT2D eigenvalue weighted by Crippen LogP contribution is 2.21. The number of benzene rings is 1. The summed E-state index contributed by atoms with van der Waals surface area (Å²) in [4.78, 5) is 0. The summed E-state index contributed by atoms with van der Waals surface area (Å²) in [6.45, 7) is 2.15. The van der Waals surface area contributed by atoms with Crippen LogP contribution in [0, 0.1) is 5.82 Å². The first kappa shape index (κ1) is 16.9. The van der Waals surface area contributed by atoms with Crippen LogP contribution in [0.3, 0.4) is 0 Å². The SMILES string of the molecule is COc1ccc(C(C)NCCS(=O)(=O)N(C)C)cc1F. The number of nitrogens with one attached hydrogen (secondary N) is 1. The van der Waals surface area contributed by atoms with Gasteiger partial charge in [0, 0.05) is 26.7 Å². The van der Waals surface area contributed by atoms with Gasteiger partial charge in [-0.3, -0.25) is 0 Å². The Labute approximate surface area is 119 Å². The predicted octanol–water partition coefficient (Wildman–Crippen LogP) is 1.38. The molecule has 1 rings (SSSR count). The summed E-state index contributed by atoms with van der Waals surface area (Å²) in [7, 11) is 1.19. The topological polar surface area (TPSA) is 58.6 Å². The van der Waals surface area contributed by atoms with E-state index in [4.69, 9.17) is 4.74 Å². The van der Waals surface area contributed by atoms with Gasteiger partial charge in [-0.25, -0.2) is 17.1 Å². The lowest BCUT2D eigenvalue weighted by Crippen LogP contribution is -2.32. The summed E-state index contributed by atoms with van der Waals surface area (Å²) in [5.41, 5.74) is 0.741. The van der Waals surface area contributed by atoms with Gasteiger partial charge in [-0.2, -0.15) is 0 Å². The second-order valence-electron chi connectivity index (χ2n) is 4.67. The van der Waals surface area contributed by atoms with Crippen molar-refractivity contribution < 1.29 is 17.5 Å². The first-order valence-corrected chi connectivity index (χ1v) is 7.86. The van der Waals surface area contributed by atoms with Crippen LogP contribution in [0.15, 0.2) is 18.2 Å². The number of nitrogens with zero attached hydrogens (tertiary/aromatic N) is 1. The maximum Gasteiger partial charge on any atom is 0.214 e. The minimum absolute atomic E-state index is 0.00295. The molecule has 114 valence electrons. The van der Waals surface area contributed by atoms with Crippen LogP contribution in [0.25, 0.3) is 0 Å². The first-order chi connectivity index (χ1) is 9.27. The molecular weight excluding hydrogens is 283 g/mol. The van der Waals surface area contributed by atoms with Crippen molar-refractivity contribution in [2.45, 2.75) is 13.0 Å². The number of ether oxygens (including phenoxy) is 1. The lowest BCUT2D eigenvalue weighted by Gasteiger charge is -2.16.